The Morgan fingerprint density at radius 3 is 2.65 bits per heavy atom. The first-order valence-corrected chi connectivity index (χ1v) is 8.42. The molecule has 110 valence electrons. The van der Waals surface area contributed by atoms with Crippen LogP contribution in [0.3, 0.4) is 0 Å². The molecular weight excluding hydrogens is 306 g/mol. The van der Waals surface area contributed by atoms with Crippen molar-refractivity contribution in [3.8, 4) is 0 Å². The third-order valence-corrected chi connectivity index (χ3v) is 5.63. The van der Waals surface area contributed by atoms with Crippen molar-refractivity contribution in [3.05, 3.63) is 10.6 Å². The average molecular weight is 319 g/mol. The van der Waals surface area contributed by atoms with Crippen LogP contribution >= 0.6 is 11.5 Å². The molecule has 1 atom stereocenters. The van der Waals surface area contributed by atoms with Crippen LogP contribution in [0.1, 0.15) is 21.8 Å². The van der Waals surface area contributed by atoms with Crippen LogP contribution in [0.5, 0.6) is 0 Å². The van der Waals surface area contributed by atoms with E-state index in [2.05, 4.69) is 9.59 Å². The van der Waals surface area contributed by atoms with Gasteiger partial charge in [-0.2, -0.15) is 0 Å². The summed E-state index contributed by atoms with van der Waals surface area (Å²) >= 11 is 0.877. The Kier molecular flexibility index (Phi) is 4.04. The summed E-state index contributed by atoms with van der Waals surface area (Å²) in [4.78, 5) is 24.6. The van der Waals surface area contributed by atoms with Crippen LogP contribution in [-0.4, -0.2) is 64.0 Å². The van der Waals surface area contributed by atoms with Crippen molar-refractivity contribution in [2.75, 3.05) is 18.1 Å². The number of rotatable bonds is 4. The lowest BCUT2D eigenvalue weighted by Gasteiger charge is -2.25. The summed E-state index contributed by atoms with van der Waals surface area (Å²) in [6, 6.07) is -0.606. The molecule has 1 aromatic rings. The van der Waals surface area contributed by atoms with Crippen molar-refractivity contribution in [2.45, 2.75) is 19.4 Å². The first kappa shape index (κ1) is 14.9. The minimum absolute atomic E-state index is 0.0268. The molecule has 0 bridgehead atoms. The van der Waals surface area contributed by atoms with Crippen LogP contribution in [0.4, 0.5) is 0 Å². The Morgan fingerprint density at radius 1 is 1.50 bits per heavy atom. The quantitative estimate of drug-likeness (QED) is 0.799. The number of carbonyl (C=O) groups excluding carboxylic acids is 1. The highest BCUT2D eigenvalue weighted by molar-refractivity contribution is 7.91. The zero-order valence-corrected chi connectivity index (χ0v) is 12.3. The van der Waals surface area contributed by atoms with Gasteiger partial charge < -0.3 is 10.0 Å². The molecule has 1 aliphatic heterocycles. The SMILES string of the molecule is Cc1nnsc1C(=O)N(CC(=O)O)C1CCS(=O)(=O)C1. The second-order valence-corrected chi connectivity index (χ2v) is 7.55. The summed E-state index contributed by atoms with van der Waals surface area (Å²) in [6.45, 7) is 1.07. The van der Waals surface area contributed by atoms with E-state index in [1.54, 1.807) is 6.92 Å². The lowest BCUT2D eigenvalue weighted by Crippen LogP contribution is -2.44. The predicted molar refractivity (Wildman–Crippen MR) is 70.4 cm³/mol. The van der Waals surface area contributed by atoms with Gasteiger partial charge >= 0.3 is 5.97 Å². The highest BCUT2D eigenvalue weighted by atomic mass is 32.2. The van der Waals surface area contributed by atoms with E-state index >= 15 is 0 Å². The summed E-state index contributed by atoms with van der Waals surface area (Å²) in [7, 11) is -3.20. The number of carbonyl (C=O) groups is 2. The number of aromatic nitrogens is 2. The predicted octanol–water partition coefficient (Wildman–Crippen LogP) is -0.440. The fraction of sp³-hybridized carbons (Fsp3) is 0.600. The van der Waals surface area contributed by atoms with E-state index in [4.69, 9.17) is 5.11 Å². The maximum absolute atomic E-state index is 12.4. The third kappa shape index (κ3) is 3.12. The molecule has 1 aliphatic rings. The van der Waals surface area contributed by atoms with E-state index in [1.165, 1.54) is 0 Å². The van der Waals surface area contributed by atoms with Gasteiger partial charge in [0, 0.05) is 6.04 Å². The van der Waals surface area contributed by atoms with Gasteiger partial charge in [0.25, 0.3) is 5.91 Å². The Balaban J connectivity index is 2.27. The molecule has 1 aromatic heterocycles. The Labute approximate surface area is 119 Å². The number of hydrogen-bond acceptors (Lipinski definition) is 7. The molecule has 2 rings (SSSR count). The average Bonchev–Trinajstić information content (AvgIpc) is 2.91. The molecule has 0 aliphatic carbocycles. The first-order chi connectivity index (χ1) is 9.30. The van der Waals surface area contributed by atoms with Crippen molar-refractivity contribution in [2.24, 2.45) is 0 Å². The minimum atomic E-state index is -3.20. The molecule has 1 N–H and O–H groups in total. The molecule has 20 heavy (non-hydrogen) atoms. The number of aliphatic carboxylic acids is 1. The zero-order chi connectivity index (χ0) is 14.9. The number of nitrogens with zero attached hydrogens (tertiary/aromatic N) is 3. The highest BCUT2D eigenvalue weighted by Crippen LogP contribution is 2.21. The van der Waals surface area contributed by atoms with Crippen LogP contribution in [0.25, 0.3) is 0 Å². The van der Waals surface area contributed by atoms with Crippen molar-refractivity contribution < 1.29 is 23.1 Å². The molecule has 0 spiro atoms. The molecule has 2 heterocycles. The standard InChI is InChI=1S/C10H13N3O5S2/c1-6-9(19-12-11-6)10(16)13(4-8(14)15)7-2-3-20(17,18)5-7/h7H,2-5H2,1H3,(H,14,15). The van der Waals surface area contributed by atoms with Crippen LogP contribution in [0.15, 0.2) is 0 Å². The van der Waals surface area contributed by atoms with Gasteiger partial charge in [0.2, 0.25) is 0 Å². The van der Waals surface area contributed by atoms with Gasteiger partial charge in [0.15, 0.2) is 9.84 Å². The number of carboxylic acid groups (broad SMARTS) is 1. The molecule has 0 aromatic carbocycles. The number of amides is 1. The molecule has 1 fully saturated rings. The van der Waals surface area contributed by atoms with Crippen molar-refractivity contribution in [3.63, 3.8) is 0 Å². The van der Waals surface area contributed by atoms with Crippen LogP contribution in [0.2, 0.25) is 0 Å². The molecule has 1 unspecified atom stereocenters. The number of hydrogen-bond donors (Lipinski definition) is 1. The Hall–Kier alpha value is -1.55. The second kappa shape index (κ2) is 5.44. The summed E-state index contributed by atoms with van der Waals surface area (Å²) in [5.74, 6) is -1.93. The van der Waals surface area contributed by atoms with Crippen molar-refractivity contribution in [1.29, 1.82) is 0 Å². The number of sulfone groups is 1. The molecule has 1 amide bonds. The molecule has 0 radical (unpaired) electrons. The highest BCUT2D eigenvalue weighted by Gasteiger charge is 2.36. The van der Waals surface area contributed by atoms with Gasteiger partial charge in [-0.05, 0) is 24.9 Å². The number of aryl methyl sites for hydroxylation is 1. The molecule has 0 saturated carbocycles. The summed E-state index contributed by atoms with van der Waals surface area (Å²) < 4.78 is 26.6. The fourth-order valence-electron chi connectivity index (χ4n) is 2.09. The van der Waals surface area contributed by atoms with E-state index in [0.29, 0.717) is 5.69 Å². The zero-order valence-electron chi connectivity index (χ0n) is 10.6. The van der Waals surface area contributed by atoms with Gasteiger partial charge in [0.05, 0.1) is 17.2 Å². The normalized spacial score (nSPS) is 20.8. The van der Waals surface area contributed by atoms with Crippen molar-refractivity contribution >= 4 is 33.2 Å². The minimum Gasteiger partial charge on any atom is -0.480 e. The van der Waals surface area contributed by atoms with E-state index in [9.17, 15) is 18.0 Å². The van der Waals surface area contributed by atoms with Gasteiger partial charge in [-0.1, -0.05) is 4.49 Å². The third-order valence-electron chi connectivity index (χ3n) is 3.06. The van der Waals surface area contributed by atoms with E-state index in [0.717, 1.165) is 16.4 Å². The Bertz CT molecular complexity index is 639. The van der Waals surface area contributed by atoms with Gasteiger partial charge in [-0.25, -0.2) is 8.42 Å². The van der Waals surface area contributed by atoms with Crippen LogP contribution in [0, 0.1) is 6.92 Å². The number of carboxylic acids is 1. The first-order valence-electron chi connectivity index (χ1n) is 5.82. The monoisotopic (exact) mass is 319 g/mol. The maximum atomic E-state index is 12.4. The topological polar surface area (TPSA) is 118 Å². The largest absolute Gasteiger partial charge is 0.480 e. The maximum Gasteiger partial charge on any atom is 0.323 e. The summed E-state index contributed by atoms with van der Waals surface area (Å²) in [5.41, 5.74) is 0.413. The van der Waals surface area contributed by atoms with Crippen molar-refractivity contribution in [1.82, 2.24) is 14.5 Å². The smallest absolute Gasteiger partial charge is 0.323 e. The van der Waals surface area contributed by atoms with E-state index < -0.39 is 34.3 Å². The van der Waals surface area contributed by atoms with Gasteiger partial charge in [-0.3, -0.25) is 9.59 Å². The molecule has 10 heteroatoms. The lowest BCUT2D eigenvalue weighted by atomic mass is 10.2. The van der Waals surface area contributed by atoms with Gasteiger partial charge in [0.1, 0.15) is 11.4 Å². The second-order valence-electron chi connectivity index (χ2n) is 4.57. The lowest BCUT2D eigenvalue weighted by molar-refractivity contribution is -0.138. The van der Waals surface area contributed by atoms with E-state index in [-0.39, 0.29) is 22.8 Å². The molecular formula is C10H13N3O5S2. The summed E-state index contributed by atoms with van der Waals surface area (Å²) in [5, 5.41) is 12.6. The van der Waals surface area contributed by atoms with Crippen LogP contribution < -0.4 is 0 Å². The summed E-state index contributed by atoms with van der Waals surface area (Å²) in [6.07, 6.45) is 0.257. The fourth-order valence-corrected chi connectivity index (χ4v) is 4.44. The van der Waals surface area contributed by atoms with Crippen LogP contribution in [-0.2, 0) is 14.6 Å². The Morgan fingerprint density at radius 2 is 2.20 bits per heavy atom. The molecule has 8 nitrogen and oxygen atoms in total. The van der Waals surface area contributed by atoms with E-state index in [1.807, 2.05) is 0 Å². The molecule has 1 saturated heterocycles. The van der Waals surface area contributed by atoms with Gasteiger partial charge in [-0.15, -0.1) is 5.10 Å².